The van der Waals surface area contributed by atoms with Crippen LogP contribution in [-0.2, 0) is 4.79 Å². The fraction of sp³-hybridized carbons (Fsp3) is 0.467. The normalized spacial score (nSPS) is 20.3. The number of carbonyl (C=O) groups excluding carboxylic acids is 2. The molecule has 2 unspecified atom stereocenters. The molecule has 0 fully saturated rings. The zero-order valence-electron chi connectivity index (χ0n) is 11.6. The quantitative estimate of drug-likeness (QED) is 0.886. The molecule has 0 saturated heterocycles. The molecule has 2 rings (SSSR count). The van der Waals surface area contributed by atoms with Gasteiger partial charge in [-0.3, -0.25) is 9.59 Å². The molecule has 1 aromatic carbocycles. The van der Waals surface area contributed by atoms with Crippen LogP contribution in [0.3, 0.4) is 0 Å². The first-order valence-corrected chi connectivity index (χ1v) is 6.75. The van der Waals surface area contributed by atoms with Crippen LogP contribution in [0.25, 0.3) is 0 Å². The SMILES string of the molecule is CCC(C)C(=O)N1CC(C)NC(=O)c2ccccc21. The molecule has 4 heteroatoms. The van der Waals surface area contributed by atoms with E-state index in [0.29, 0.717) is 12.1 Å². The van der Waals surface area contributed by atoms with Gasteiger partial charge in [-0.15, -0.1) is 0 Å². The van der Waals surface area contributed by atoms with Crippen molar-refractivity contribution in [3.63, 3.8) is 0 Å². The summed E-state index contributed by atoms with van der Waals surface area (Å²) in [6.45, 7) is 6.36. The van der Waals surface area contributed by atoms with E-state index in [9.17, 15) is 9.59 Å². The van der Waals surface area contributed by atoms with E-state index in [-0.39, 0.29) is 23.8 Å². The third kappa shape index (κ3) is 2.62. The Morgan fingerprint density at radius 1 is 1.47 bits per heavy atom. The topological polar surface area (TPSA) is 49.4 Å². The molecular formula is C15H20N2O2. The summed E-state index contributed by atoms with van der Waals surface area (Å²) in [6, 6.07) is 7.24. The number of benzene rings is 1. The Labute approximate surface area is 113 Å². The Morgan fingerprint density at radius 3 is 2.84 bits per heavy atom. The summed E-state index contributed by atoms with van der Waals surface area (Å²) in [5.41, 5.74) is 1.29. The van der Waals surface area contributed by atoms with Crippen molar-refractivity contribution >= 4 is 17.5 Å². The van der Waals surface area contributed by atoms with Gasteiger partial charge in [-0.2, -0.15) is 0 Å². The van der Waals surface area contributed by atoms with E-state index in [0.717, 1.165) is 12.1 Å². The molecular weight excluding hydrogens is 240 g/mol. The molecule has 102 valence electrons. The van der Waals surface area contributed by atoms with Crippen molar-refractivity contribution in [2.24, 2.45) is 5.92 Å². The second-order valence-electron chi connectivity index (χ2n) is 5.15. The van der Waals surface area contributed by atoms with Crippen molar-refractivity contribution in [1.82, 2.24) is 5.32 Å². The molecule has 0 aliphatic carbocycles. The molecule has 1 aliphatic rings. The average Bonchev–Trinajstić information content (AvgIpc) is 2.54. The maximum atomic E-state index is 12.5. The third-order valence-electron chi connectivity index (χ3n) is 3.57. The monoisotopic (exact) mass is 260 g/mol. The maximum absolute atomic E-state index is 12.5. The summed E-state index contributed by atoms with van der Waals surface area (Å²) in [5.74, 6) is -0.0608. The summed E-state index contributed by atoms with van der Waals surface area (Å²) in [4.78, 5) is 26.3. The van der Waals surface area contributed by atoms with E-state index in [4.69, 9.17) is 0 Å². The molecule has 0 bridgehead atoms. The van der Waals surface area contributed by atoms with Crippen LogP contribution in [0.1, 0.15) is 37.6 Å². The number of carbonyl (C=O) groups is 2. The minimum absolute atomic E-state index is 0.0338. The number of nitrogens with one attached hydrogen (secondary N) is 1. The Hall–Kier alpha value is -1.84. The van der Waals surface area contributed by atoms with Gasteiger partial charge in [0.1, 0.15) is 0 Å². The molecule has 2 amide bonds. The zero-order valence-corrected chi connectivity index (χ0v) is 11.6. The lowest BCUT2D eigenvalue weighted by atomic mass is 10.1. The van der Waals surface area contributed by atoms with Gasteiger partial charge >= 0.3 is 0 Å². The highest BCUT2D eigenvalue weighted by Gasteiger charge is 2.29. The Bertz CT molecular complexity index is 499. The molecule has 0 radical (unpaired) electrons. The summed E-state index contributed by atoms with van der Waals surface area (Å²) in [6.07, 6.45) is 0.799. The standard InChI is InChI=1S/C15H20N2O2/c1-4-10(2)15(19)17-9-11(3)16-14(18)12-7-5-6-8-13(12)17/h5-8,10-11H,4,9H2,1-3H3,(H,16,18). The highest BCUT2D eigenvalue weighted by molar-refractivity contribution is 6.06. The molecule has 2 atom stereocenters. The second kappa shape index (κ2) is 5.43. The molecule has 0 saturated carbocycles. The molecule has 0 aromatic heterocycles. The van der Waals surface area contributed by atoms with Crippen LogP contribution in [0, 0.1) is 5.92 Å². The number of hydrogen-bond donors (Lipinski definition) is 1. The summed E-state index contributed by atoms with van der Waals surface area (Å²) in [5, 5.41) is 2.91. The Morgan fingerprint density at radius 2 is 2.16 bits per heavy atom. The Kier molecular flexibility index (Phi) is 3.88. The molecule has 1 heterocycles. The molecule has 19 heavy (non-hydrogen) atoms. The average molecular weight is 260 g/mol. The number of nitrogens with zero attached hydrogens (tertiary/aromatic N) is 1. The van der Waals surface area contributed by atoms with Gasteiger partial charge in [0, 0.05) is 18.5 Å². The van der Waals surface area contributed by atoms with Crippen LogP contribution in [0.5, 0.6) is 0 Å². The second-order valence-corrected chi connectivity index (χ2v) is 5.15. The molecule has 1 aliphatic heterocycles. The minimum Gasteiger partial charge on any atom is -0.348 e. The van der Waals surface area contributed by atoms with Gasteiger partial charge in [-0.25, -0.2) is 0 Å². The number of fused-ring (bicyclic) bond motifs is 1. The lowest BCUT2D eigenvalue weighted by molar-refractivity contribution is -0.122. The van der Waals surface area contributed by atoms with Crippen LogP contribution in [0.4, 0.5) is 5.69 Å². The first-order valence-electron chi connectivity index (χ1n) is 6.75. The van der Waals surface area contributed by atoms with E-state index in [1.165, 1.54) is 0 Å². The Balaban J connectivity index is 2.44. The lowest BCUT2D eigenvalue weighted by Gasteiger charge is -2.26. The van der Waals surface area contributed by atoms with Crippen LogP contribution < -0.4 is 10.2 Å². The van der Waals surface area contributed by atoms with Crippen molar-refractivity contribution in [2.45, 2.75) is 33.2 Å². The number of anilines is 1. The van der Waals surface area contributed by atoms with Gasteiger partial charge in [0.15, 0.2) is 0 Å². The molecule has 1 N–H and O–H groups in total. The lowest BCUT2D eigenvalue weighted by Crippen LogP contribution is -2.42. The molecule has 4 nitrogen and oxygen atoms in total. The van der Waals surface area contributed by atoms with Gasteiger partial charge in [0.2, 0.25) is 5.91 Å². The van der Waals surface area contributed by atoms with Crippen LogP contribution >= 0.6 is 0 Å². The zero-order chi connectivity index (χ0) is 14.0. The van der Waals surface area contributed by atoms with Crippen LogP contribution in [0.2, 0.25) is 0 Å². The van der Waals surface area contributed by atoms with Gasteiger partial charge in [0.05, 0.1) is 11.3 Å². The number of amides is 2. The van der Waals surface area contributed by atoms with Crippen molar-refractivity contribution in [3.05, 3.63) is 29.8 Å². The van der Waals surface area contributed by atoms with E-state index in [1.807, 2.05) is 39.0 Å². The van der Waals surface area contributed by atoms with Crippen LogP contribution in [-0.4, -0.2) is 24.4 Å². The number of hydrogen-bond acceptors (Lipinski definition) is 2. The van der Waals surface area contributed by atoms with Gasteiger partial charge in [-0.05, 0) is 25.5 Å². The summed E-state index contributed by atoms with van der Waals surface area (Å²) in [7, 11) is 0. The minimum atomic E-state index is -0.109. The first kappa shape index (κ1) is 13.6. The van der Waals surface area contributed by atoms with Crippen molar-refractivity contribution in [3.8, 4) is 0 Å². The first-order chi connectivity index (χ1) is 9.04. The molecule has 0 spiro atoms. The number of para-hydroxylation sites is 1. The van der Waals surface area contributed by atoms with Crippen molar-refractivity contribution in [2.75, 3.05) is 11.4 Å². The van der Waals surface area contributed by atoms with Crippen molar-refractivity contribution < 1.29 is 9.59 Å². The third-order valence-corrected chi connectivity index (χ3v) is 3.57. The van der Waals surface area contributed by atoms with Gasteiger partial charge in [-0.1, -0.05) is 26.0 Å². The largest absolute Gasteiger partial charge is 0.348 e. The van der Waals surface area contributed by atoms with Crippen molar-refractivity contribution in [1.29, 1.82) is 0 Å². The predicted octanol–water partition coefficient (Wildman–Crippen LogP) is 2.20. The number of rotatable bonds is 2. The van der Waals surface area contributed by atoms with E-state index in [2.05, 4.69) is 5.32 Å². The van der Waals surface area contributed by atoms with Gasteiger partial charge in [0.25, 0.3) is 5.91 Å². The summed E-state index contributed by atoms with van der Waals surface area (Å²) < 4.78 is 0. The van der Waals surface area contributed by atoms with E-state index in [1.54, 1.807) is 11.0 Å². The van der Waals surface area contributed by atoms with E-state index >= 15 is 0 Å². The van der Waals surface area contributed by atoms with E-state index < -0.39 is 0 Å². The highest BCUT2D eigenvalue weighted by Crippen LogP contribution is 2.25. The maximum Gasteiger partial charge on any atom is 0.253 e. The fourth-order valence-corrected chi connectivity index (χ4v) is 2.27. The van der Waals surface area contributed by atoms with Gasteiger partial charge < -0.3 is 10.2 Å². The highest BCUT2D eigenvalue weighted by atomic mass is 16.2. The molecule has 1 aromatic rings. The smallest absolute Gasteiger partial charge is 0.253 e. The summed E-state index contributed by atoms with van der Waals surface area (Å²) >= 11 is 0. The van der Waals surface area contributed by atoms with Crippen LogP contribution in [0.15, 0.2) is 24.3 Å². The fourth-order valence-electron chi connectivity index (χ4n) is 2.27. The predicted molar refractivity (Wildman–Crippen MR) is 75.2 cm³/mol.